The predicted molar refractivity (Wildman–Crippen MR) is 121 cm³/mol. The molecular formula is C24H29N4O3+. The van der Waals surface area contributed by atoms with Crippen LogP contribution in [0.15, 0.2) is 64.2 Å². The maximum atomic E-state index is 13.5. The van der Waals surface area contributed by atoms with Crippen molar-refractivity contribution >= 4 is 16.8 Å². The molecule has 1 fully saturated rings. The molecule has 7 nitrogen and oxygen atoms in total. The minimum atomic E-state index is -0.691. The van der Waals surface area contributed by atoms with Crippen molar-refractivity contribution in [2.24, 2.45) is 0 Å². The lowest BCUT2D eigenvalue weighted by Crippen LogP contribution is -3.14. The van der Waals surface area contributed by atoms with Gasteiger partial charge in [0.05, 0.1) is 50.2 Å². The number of amides is 1. The van der Waals surface area contributed by atoms with Crippen molar-refractivity contribution in [3.05, 3.63) is 81.0 Å². The third-order valence-electron chi connectivity index (χ3n) is 6.29. The third kappa shape index (κ3) is 4.05. The lowest BCUT2D eigenvalue weighted by Gasteiger charge is -2.33. The van der Waals surface area contributed by atoms with Crippen molar-refractivity contribution in [2.75, 3.05) is 32.7 Å². The Morgan fingerprint density at radius 3 is 2.32 bits per heavy atom. The quantitative estimate of drug-likeness (QED) is 0.653. The number of hydrogen-bond donors (Lipinski definition) is 1. The number of rotatable bonds is 5. The van der Waals surface area contributed by atoms with Crippen molar-refractivity contribution in [3.8, 4) is 0 Å². The summed E-state index contributed by atoms with van der Waals surface area (Å²) >= 11 is 0. The zero-order valence-corrected chi connectivity index (χ0v) is 18.1. The predicted octanol–water partition coefficient (Wildman–Crippen LogP) is 0.520. The average Bonchev–Trinajstić information content (AvgIpc) is 2.82. The molecule has 2 heterocycles. The van der Waals surface area contributed by atoms with Crippen molar-refractivity contribution in [1.29, 1.82) is 0 Å². The Morgan fingerprint density at radius 2 is 1.65 bits per heavy atom. The van der Waals surface area contributed by atoms with Crippen LogP contribution in [-0.4, -0.2) is 52.7 Å². The van der Waals surface area contributed by atoms with Crippen LogP contribution in [0, 0.1) is 0 Å². The fourth-order valence-corrected chi connectivity index (χ4v) is 4.38. The minimum Gasteiger partial charge on any atom is -0.332 e. The van der Waals surface area contributed by atoms with E-state index in [0.717, 1.165) is 25.2 Å². The standard InChI is InChI=1S/C24H28N4O3/c1-3-25-13-15-26(16-14-25)22(29)18(2)28-21-12-8-7-11-20(21)23(30)27(24(28)31)17-19-9-5-4-6-10-19/h4-12,18H,3,13-17H2,1-2H3/p+1/t18-/m1/s1. The molecule has 1 amide bonds. The molecule has 0 saturated carbocycles. The molecule has 1 N–H and O–H groups in total. The molecule has 162 valence electrons. The number of quaternary nitrogens is 1. The summed E-state index contributed by atoms with van der Waals surface area (Å²) in [5.74, 6) is -0.0766. The largest absolute Gasteiger partial charge is 0.332 e. The van der Waals surface area contributed by atoms with Crippen LogP contribution in [-0.2, 0) is 11.3 Å². The zero-order valence-electron chi connectivity index (χ0n) is 18.1. The second-order valence-corrected chi connectivity index (χ2v) is 8.15. The summed E-state index contributed by atoms with van der Waals surface area (Å²) in [5, 5.41) is 0.443. The van der Waals surface area contributed by atoms with Gasteiger partial charge in [-0.25, -0.2) is 4.79 Å². The number of nitrogens with zero attached hydrogens (tertiary/aromatic N) is 3. The van der Waals surface area contributed by atoms with Gasteiger partial charge in [0, 0.05) is 0 Å². The first-order valence-electron chi connectivity index (χ1n) is 10.9. The molecular weight excluding hydrogens is 392 g/mol. The highest BCUT2D eigenvalue weighted by Crippen LogP contribution is 2.16. The van der Waals surface area contributed by atoms with E-state index in [0.29, 0.717) is 24.0 Å². The van der Waals surface area contributed by atoms with Gasteiger partial charge >= 0.3 is 5.69 Å². The SMILES string of the molecule is CC[NH+]1CCN(C(=O)[C@@H](C)n2c(=O)n(Cc3ccccc3)c(=O)c3ccccc32)CC1. The van der Waals surface area contributed by atoms with Crippen LogP contribution in [0.1, 0.15) is 25.5 Å². The van der Waals surface area contributed by atoms with Gasteiger partial charge in [-0.2, -0.15) is 0 Å². The summed E-state index contributed by atoms with van der Waals surface area (Å²) in [6, 6.07) is 15.8. The van der Waals surface area contributed by atoms with Crippen molar-refractivity contribution < 1.29 is 9.69 Å². The fourth-order valence-electron chi connectivity index (χ4n) is 4.38. The first-order chi connectivity index (χ1) is 15.0. The van der Waals surface area contributed by atoms with Gasteiger partial charge < -0.3 is 9.80 Å². The number of aromatic nitrogens is 2. The summed E-state index contributed by atoms with van der Waals surface area (Å²) in [7, 11) is 0. The number of carbonyl (C=O) groups excluding carboxylic acids is 1. The number of nitrogens with one attached hydrogen (secondary N) is 1. The van der Waals surface area contributed by atoms with E-state index in [-0.39, 0.29) is 18.0 Å². The Morgan fingerprint density at radius 1 is 1.00 bits per heavy atom. The molecule has 1 saturated heterocycles. The van der Waals surface area contributed by atoms with Crippen LogP contribution < -0.4 is 16.1 Å². The van der Waals surface area contributed by atoms with Crippen LogP contribution in [0.3, 0.4) is 0 Å². The van der Waals surface area contributed by atoms with E-state index in [1.54, 1.807) is 31.2 Å². The normalized spacial score (nSPS) is 15.9. The van der Waals surface area contributed by atoms with Crippen LogP contribution in [0.4, 0.5) is 0 Å². The van der Waals surface area contributed by atoms with E-state index < -0.39 is 11.7 Å². The first kappa shape index (κ1) is 21.1. The van der Waals surface area contributed by atoms with E-state index in [9.17, 15) is 14.4 Å². The van der Waals surface area contributed by atoms with E-state index in [4.69, 9.17) is 0 Å². The molecule has 1 aliphatic heterocycles. The molecule has 1 atom stereocenters. The molecule has 0 unspecified atom stereocenters. The number of likely N-dealkylation sites (N-methyl/N-ethyl adjacent to an activating group) is 1. The molecule has 7 heteroatoms. The molecule has 1 aromatic heterocycles. The van der Waals surface area contributed by atoms with Crippen LogP contribution >= 0.6 is 0 Å². The molecule has 0 spiro atoms. The molecule has 2 aromatic carbocycles. The Bertz CT molecular complexity index is 1190. The van der Waals surface area contributed by atoms with E-state index in [1.807, 2.05) is 35.2 Å². The van der Waals surface area contributed by atoms with Crippen LogP contribution in [0.25, 0.3) is 10.9 Å². The van der Waals surface area contributed by atoms with Crippen molar-refractivity contribution in [1.82, 2.24) is 14.0 Å². The van der Waals surface area contributed by atoms with E-state index in [2.05, 4.69) is 6.92 Å². The van der Waals surface area contributed by atoms with Gasteiger partial charge in [0.25, 0.3) is 5.56 Å². The van der Waals surface area contributed by atoms with Gasteiger partial charge in [-0.15, -0.1) is 0 Å². The molecule has 1 aliphatic rings. The fraction of sp³-hybridized carbons (Fsp3) is 0.375. The van der Waals surface area contributed by atoms with Crippen molar-refractivity contribution in [2.45, 2.75) is 26.4 Å². The Balaban J connectivity index is 1.77. The summed E-state index contributed by atoms with van der Waals surface area (Å²) in [5.41, 5.74) is 0.577. The highest BCUT2D eigenvalue weighted by Gasteiger charge is 2.29. The molecule has 0 radical (unpaired) electrons. The second kappa shape index (κ2) is 8.89. The third-order valence-corrected chi connectivity index (χ3v) is 6.29. The smallest absolute Gasteiger partial charge is 0.332 e. The monoisotopic (exact) mass is 421 g/mol. The molecule has 3 aromatic rings. The average molecular weight is 422 g/mol. The van der Waals surface area contributed by atoms with Crippen LogP contribution in [0.2, 0.25) is 0 Å². The van der Waals surface area contributed by atoms with Gasteiger partial charge in [0.15, 0.2) is 0 Å². The zero-order chi connectivity index (χ0) is 22.0. The molecule has 31 heavy (non-hydrogen) atoms. The number of piperazine rings is 1. The highest BCUT2D eigenvalue weighted by atomic mass is 16.2. The number of para-hydroxylation sites is 1. The van der Waals surface area contributed by atoms with E-state index >= 15 is 0 Å². The Hall–Kier alpha value is -3.19. The second-order valence-electron chi connectivity index (χ2n) is 8.15. The number of fused-ring (bicyclic) bond motifs is 1. The Labute approximate surface area is 181 Å². The number of hydrogen-bond acceptors (Lipinski definition) is 3. The number of carbonyl (C=O) groups is 1. The lowest BCUT2D eigenvalue weighted by molar-refractivity contribution is -0.902. The maximum Gasteiger partial charge on any atom is 0.332 e. The molecule has 4 rings (SSSR count). The van der Waals surface area contributed by atoms with E-state index in [1.165, 1.54) is 14.0 Å². The summed E-state index contributed by atoms with van der Waals surface area (Å²) < 4.78 is 2.72. The molecule has 0 bridgehead atoms. The topological polar surface area (TPSA) is 68.8 Å². The van der Waals surface area contributed by atoms with Gasteiger partial charge in [-0.1, -0.05) is 42.5 Å². The lowest BCUT2D eigenvalue weighted by atomic mass is 10.1. The van der Waals surface area contributed by atoms with Gasteiger partial charge in [0.2, 0.25) is 5.91 Å². The van der Waals surface area contributed by atoms with Crippen LogP contribution in [0.5, 0.6) is 0 Å². The Kier molecular flexibility index (Phi) is 6.04. The molecule has 0 aliphatic carbocycles. The van der Waals surface area contributed by atoms with Gasteiger partial charge in [0.1, 0.15) is 6.04 Å². The maximum absolute atomic E-state index is 13.5. The number of benzene rings is 2. The summed E-state index contributed by atoms with van der Waals surface area (Å²) in [6.07, 6.45) is 0. The van der Waals surface area contributed by atoms with Crippen molar-refractivity contribution in [3.63, 3.8) is 0 Å². The minimum absolute atomic E-state index is 0.0766. The van der Waals surface area contributed by atoms with Gasteiger partial charge in [-0.05, 0) is 31.5 Å². The highest BCUT2D eigenvalue weighted by molar-refractivity contribution is 5.84. The summed E-state index contributed by atoms with van der Waals surface area (Å²) in [4.78, 5) is 43.2. The van der Waals surface area contributed by atoms with Gasteiger partial charge in [-0.3, -0.25) is 18.7 Å². The first-order valence-corrected chi connectivity index (χ1v) is 10.9. The summed E-state index contributed by atoms with van der Waals surface area (Å²) in [6.45, 7) is 8.32.